The van der Waals surface area contributed by atoms with E-state index in [0.717, 1.165) is 27.3 Å². The molecule has 0 radical (unpaired) electrons. The van der Waals surface area contributed by atoms with Gasteiger partial charge in [-0.1, -0.05) is 84.9 Å². The number of rotatable bonds is 4. The highest BCUT2D eigenvalue weighted by molar-refractivity contribution is 6.09. The lowest BCUT2D eigenvalue weighted by Crippen LogP contribution is -2.40. The van der Waals surface area contributed by atoms with Crippen molar-refractivity contribution in [1.82, 2.24) is 0 Å². The van der Waals surface area contributed by atoms with Crippen LogP contribution in [0.4, 0.5) is 10.1 Å². The molecule has 0 saturated heterocycles. The highest BCUT2D eigenvalue weighted by Crippen LogP contribution is 2.51. The first-order valence-corrected chi connectivity index (χ1v) is 11.2. The van der Waals surface area contributed by atoms with Gasteiger partial charge in [0.2, 0.25) is 5.67 Å². The molecule has 1 heterocycles. The van der Waals surface area contributed by atoms with E-state index in [1.807, 2.05) is 48.5 Å². The Morgan fingerprint density at radius 3 is 2.00 bits per heavy atom. The van der Waals surface area contributed by atoms with Crippen LogP contribution in [0, 0.1) is 0 Å². The maximum Gasteiger partial charge on any atom is 0.344 e. The van der Waals surface area contributed by atoms with Crippen LogP contribution in [0.5, 0.6) is 5.75 Å². The van der Waals surface area contributed by atoms with Crippen LogP contribution < -0.4 is 9.80 Å². The summed E-state index contributed by atoms with van der Waals surface area (Å²) >= 11 is 0. The van der Waals surface area contributed by atoms with Gasteiger partial charge in [0, 0.05) is 11.1 Å². The van der Waals surface area contributed by atoms with Gasteiger partial charge in [-0.2, -0.15) is 0 Å². The smallest absolute Gasteiger partial charge is 0.344 e. The zero-order valence-electron chi connectivity index (χ0n) is 18.8. The molecule has 0 fully saturated rings. The fourth-order valence-electron chi connectivity index (χ4n) is 5.14. The number of methoxy groups -OCH3 is 1. The monoisotopic (exact) mass is 465 g/mol. The van der Waals surface area contributed by atoms with Crippen LogP contribution in [0.1, 0.15) is 28.2 Å². The van der Waals surface area contributed by atoms with Gasteiger partial charge >= 0.3 is 11.9 Å². The van der Waals surface area contributed by atoms with E-state index in [1.54, 1.807) is 36.4 Å². The van der Waals surface area contributed by atoms with Crippen LogP contribution in [0.15, 0.2) is 97.1 Å². The van der Waals surface area contributed by atoms with Crippen LogP contribution in [-0.2, 0) is 20.1 Å². The molecule has 0 spiro atoms. The number of anilines is 1. The van der Waals surface area contributed by atoms with Crippen molar-refractivity contribution >= 4 is 17.6 Å². The van der Waals surface area contributed by atoms with E-state index in [4.69, 9.17) is 9.57 Å². The summed E-state index contributed by atoms with van der Waals surface area (Å²) in [5.41, 5.74) is 1.20. The highest BCUT2D eigenvalue weighted by Gasteiger charge is 2.56. The van der Waals surface area contributed by atoms with E-state index >= 15 is 4.39 Å². The van der Waals surface area contributed by atoms with E-state index in [0.29, 0.717) is 0 Å². The number of fused-ring (bicyclic) bond motifs is 4. The number of carbonyl (C=O) groups is 2. The molecule has 0 aromatic heterocycles. The molecule has 2 aliphatic rings. The molecule has 1 atom stereocenters. The fourth-order valence-corrected chi connectivity index (χ4v) is 5.14. The summed E-state index contributed by atoms with van der Waals surface area (Å²) in [6.07, 6.45) is 0. The number of para-hydroxylation sites is 2. The quantitative estimate of drug-likeness (QED) is 0.398. The Morgan fingerprint density at radius 1 is 0.800 bits per heavy atom. The SMILES string of the molecule is COc1ccccc1[C@@]1(F)C(=O)N(OC(=O)C2c3ccccc3-c3ccccc32)c2ccccc21. The Morgan fingerprint density at radius 2 is 1.34 bits per heavy atom. The second-order valence-electron chi connectivity index (χ2n) is 8.49. The molecule has 0 N–H and O–H groups in total. The summed E-state index contributed by atoms with van der Waals surface area (Å²) in [6, 6.07) is 28.0. The van der Waals surface area contributed by atoms with Gasteiger partial charge in [-0.25, -0.2) is 9.18 Å². The highest BCUT2D eigenvalue weighted by atomic mass is 19.1. The van der Waals surface area contributed by atoms with Crippen molar-refractivity contribution in [1.29, 1.82) is 0 Å². The summed E-state index contributed by atoms with van der Waals surface area (Å²) in [7, 11) is 1.42. The summed E-state index contributed by atoms with van der Waals surface area (Å²) in [5, 5.41) is 0.785. The van der Waals surface area contributed by atoms with Crippen molar-refractivity contribution in [2.24, 2.45) is 0 Å². The average molecular weight is 465 g/mol. The summed E-state index contributed by atoms with van der Waals surface area (Å²) < 4.78 is 22.1. The van der Waals surface area contributed by atoms with Crippen LogP contribution in [-0.4, -0.2) is 19.0 Å². The van der Waals surface area contributed by atoms with E-state index in [1.165, 1.54) is 19.2 Å². The van der Waals surface area contributed by atoms with E-state index in [-0.39, 0.29) is 22.6 Å². The van der Waals surface area contributed by atoms with Crippen LogP contribution in [0.3, 0.4) is 0 Å². The number of hydrogen-bond donors (Lipinski definition) is 0. The van der Waals surface area contributed by atoms with E-state index < -0.39 is 23.5 Å². The lowest BCUT2D eigenvalue weighted by atomic mass is 9.88. The van der Waals surface area contributed by atoms with Gasteiger partial charge in [0.1, 0.15) is 11.7 Å². The van der Waals surface area contributed by atoms with Crippen molar-refractivity contribution < 1.29 is 23.6 Å². The fraction of sp³-hybridized carbons (Fsp3) is 0.103. The van der Waals surface area contributed by atoms with Crippen LogP contribution in [0.2, 0.25) is 0 Å². The zero-order chi connectivity index (χ0) is 24.2. The molecule has 0 bridgehead atoms. The maximum absolute atomic E-state index is 16.8. The second kappa shape index (κ2) is 7.81. The number of alkyl halides is 1. The molecule has 172 valence electrons. The van der Waals surface area contributed by atoms with Gasteiger partial charge < -0.3 is 9.57 Å². The Hall–Kier alpha value is -4.45. The van der Waals surface area contributed by atoms with Gasteiger partial charge in [0.05, 0.1) is 12.8 Å². The zero-order valence-corrected chi connectivity index (χ0v) is 18.8. The van der Waals surface area contributed by atoms with Gasteiger partial charge in [0.25, 0.3) is 0 Å². The molecule has 4 aromatic carbocycles. The third kappa shape index (κ3) is 2.93. The molecule has 5 nitrogen and oxygen atoms in total. The normalized spacial score (nSPS) is 18.1. The van der Waals surface area contributed by atoms with Crippen LogP contribution >= 0.6 is 0 Å². The molecule has 0 unspecified atom stereocenters. The van der Waals surface area contributed by atoms with Gasteiger partial charge in [-0.3, -0.25) is 4.79 Å². The Kier molecular flexibility index (Phi) is 4.71. The third-order valence-corrected chi connectivity index (χ3v) is 6.70. The first-order chi connectivity index (χ1) is 17.1. The molecule has 4 aromatic rings. The van der Waals surface area contributed by atoms with E-state index in [9.17, 15) is 9.59 Å². The Bertz CT molecular complexity index is 1450. The van der Waals surface area contributed by atoms with Crippen LogP contribution in [0.25, 0.3) is 11.1 Å². The molecule has 1 aliphatic carbocycles. The largest absolute Gasteiger partial charge is 0.496 e. The molecule has 1 aliphatic heterocycles. The summed E-state index contributed by atoms with van der Waals surface area (Å²) in [4.78, 5) is 32.9. The maximum atomic E-state index is 16.8. The molecular weight excluding hydrogens is 445 g/mol. The topological polar surface area (TPSA) is 55.8 Å². The number of hydrogen-bond acceptors (Lipinski definition) is 4. The van der Waals surface area contributed by atoms with Crippen molar-refractivity contribution in [3.63, 3.8) is 0 Å². The molecule has 1 amide bonds. The van der Waals surface area contributed by atoms with Gasteiger partial charge in [-0.15, -0.1) is 5.06 Å². The van der Waals surface area contributed by atoms with Crippen molar-refractivity contribution in [3.05, 3.63) is 119 Å². The average Bonchev–Trinajstić information content (AvgIpc) is 3.35. The number of ether oxygens (including phenoxy) is 1. The van der Waals surface area contributed by atoms with Crippen molar-refractivity contribution in [2.75, 3.05) is 12.2 Å². The number of hydroxylamine groups is 1. The molecule has 0 saturated carbocycles. The molecular formula is C29H20FNO4. The Labute approximate surface area is 201 Å². The van der Waals surface area contributed by atoms with Crippen molar-refractivity contribution in [3.8, 4) is 16.9 Å². The molecule has 6 rings (SSSR count). The summed E-state index contributed by atoms with van der Waals surface area (Å²) in [6.45, 7) is 0. The predicted molar refractivity (Wildman–Crippen MR) is 129 cm³/mol. The first kappa shape index (κ1) is 21.1. The number of amides is 1. The minimum absolute atomic E-state index is 0.0510. The number of carbonyl (C=O) groups excluding carboxylic acids is 2. The standard InChI is InChI=1S/C29H20FNO4/c1-34-25-17-9-7-15-23(25)29(30)22-14-6-8-16-24(22)31(28(29)33)35-27(32)26-20-12-4-2-10-18(20)19-11-3-5-13-21(19)26/h2-17,26H,1H3/t29-/m1/s1. The summed E-state index contributed by atoms with van der Waals surface area (Å²) in [5.74, 6) is -2.17. The first-order valence-electron chi connectivity index (χ1n) is 11.2. The number of halogens is 1. The number of benzene rings is 4. The Balaban J connectivity index is 1.42. The van der Waals surface area contributed by atoms with E-state index in [2.05, 4.69) is 0 Å². The third-order valence-electron chi connectivity index (χ3n) is 6.70. The second-order valence-corrected chi connectivity index (χ2v) is 8.49. The van der Waals surface area contributed by atoms with Crippen molar-refractivity contribution in [2.45, 2.75) is 11.6 Å². The van der Waals surface area contributed by atoms with Gasteiger partial charge in [-0.05, 0) is 34.4 Å². The minimum atomic E-state index is -2.57. The molecule has 35 heavy (non-hydrogen) atoms. The number of nitrogens with zero attached hydrogens (tertiary/aromatic N) is 1. The lowest BCUT2D eigenvalue weighted by Gasteiger charge is -2.23. The van der Waals surface area contributed by atoms with Gasteiger partial charge in [0.15, 0.2) is 0 Å². The predicted octanol–water partition coefficient (Wildman–Crippen LogP) is 5.53. The molecule has 6 heteroatoms. The minimum Gasteiger partial charge on any atom is -0.496 e. The lowest BCUT2D eigenvalue weighted by molar-refractivity contribution is -0.153.